The number of ketones is 1. The summed E-state index contributed by atoms with van der Waals surface area (Å²) in [6, 6.07) is 13.4. The summed E-state index contributed by atoms with van der Waals surface area (Å²) in [4.78, 5) is 13.4. The molecule has 29 heavy (non-hydrogen) atoms. The average molecular weight is 413 g/mol. The average Bonchev–Trinajstić information content (AvgIpc) is 3.09. The van der Waals surface area contributed by atoms with E-state index in [4.69, 9.17) is 9.47 Å². The molecule has 6 nitrogen and oxygen atoms in total. The number of ether oxygens (including phenoxy) is 2. The van der Waals surface area contributed by atoms with Gasteiger partial charge in [-0.2, -0.15) is 0 Å². The Balaban J connectivity index is 2.05. The van der Waals surface area contributed by atoms with Gasteiger partial charge in [0.15, 0.2) is 5.78 Å². The Morgan fingerprint density at radius 3 is 2.24 bits per heavy atom. The molecule has 1 aliphatic rings. The van der Waals surface area contributed by atoms with Crippen molar-refractivity contribution in [1.29, 1.82) is 0 Å². The van der Waals surface area contributed by atoms with Crippen LogP contribution in [0, 0.1) is 5.92 Å². The number of nitrogens with zero attached hydrogens (tertiary/aromatic N) is 1. The zero-order valence-electron chi connectivity index (χ0n) is 16.7. The van der Waals surface area contributed by atoms with Gasteiger partial charge in [-0.15, -0.1) is 0 Å². The third-order valence-electron chi connectivity index (χ3n) is 5.92. The van der Waals surface area contributed by atoms with Gasteiger partial charge in [0, 0.05) is 24.1 Å². The smallest absolute Gasteiger partial charge is 0.268 e. The summed E-state index contributed by atoms with van der Waals surface area (Å²) in [5.41, 5.74) is 1.46. The summed E-state index contributed by atoms with van der Waals surface area (Å²) >= 11 is 0. The molecule has 1 heterocycles. The van der Waals surface area contributed by atoms with Crippen LogP contribution in [0.25, 0.3) is 10.9 Å². The highest BCUT2D eigenvalue weighted by Crippen LogP contribution is 2.43. The molecule has 0 saturated heterocycles. The van der Waals surface area contributed by atoms with E-state index in [0.29, 0.717) is 27.9 Å². The molecule has 7 heteroatoms. The molecular weight excluding hydrogens is 390 g/mol. The lowest BCUT2D eigenvalue weighted by Gasteiger charge is -2.33. The van der Waals surface area contributed by atoms with Gasteiger partial charge in [-0.1, -0.05) is 32.0 Å². The van der Waals surface area contributed by atoms with E-state index >= 15 is 0 Å². The largest absolute Gasteiger partial charge is 0.497 e. The molecule has 152 valence electrons. The molecule has 0 amide bonds. The summed E-state index contributed by atoms with van der Waals surface area (Å²) in [7, 11) is -0.879. The van der Waals surface area contributed by atoms with Gasteiger partial charge in [0.25, 0.3) is 10.0 Å². The van der Waals surface area contributed by atoms with Gasteiger partial charge >= 0.3 is 0 Å². The van der Waals surface area contributed by atoms with Crippen LogP contribution in [-0.4, -0.2) is 38.5 Å². The van der Waals surface area contributed by atoms with Gasteiger partial charge in [0.2, 0.25) is 0 Å². The number of rotatable bonds is 4. The number of aromatic nitrogens is 1. The number of para-hydroxylation sites is 1. The van der Waals surface area contributed by atoms with Gasteiger partial charge in [-0.3, -0.25) is 4.79 Å². The molecule has 0 N–H and O–H groups in total. The van der Waals surface area contributed by atoms with Crippen molar-refractivity contribution in [2.45, 2.75) is 30.8 Å². The maximum absolute atomic E-state index is 13.7. The van der Waals surface area contributed by atoms with Gasteiger partial charge in [-0.25, -0.2) is 12.4 Å². The van der Waals surface area contributed by atoms with E-state index in [1.54, 1.807) is 30.3 Å². The van der Waals surface area contributed by atoms with Crippen molar-refractivity contribution < 1.29 is 22.7 Å². The van der Waals surface area contributed by atoms with Crippen LogP contribution in [0.4, 0.5) is 0 Å². The van der Waals surface area contributed by atoms with Crippen molar-refractivity contribution in [3.8, 4) is 5.75 Å². The highest BCUT2D eigenvalue weighted by Gasteiger charge is 2.43. The fourth-order valence-electron chi connectivity index (χ4n) is 4.23. The van der Waals surface area contributed by atoms with Crippen LogP contribution in [0.5, 0.6) is 5.75 Å². The molecule has 2 aromatic carbocycles. The van der Waals surface area contributed by atoms with E-state index in [1.807, 2.05) is 19.9 Å². The number of methoxy groups -OCH3 is 2. The molecule has 4 rings (SSSR count). The van der Waals surface area contributed by atoms with E-state index in [-0.39, 0.29) is 22.5 Å². The highest BCUT2D eigenvalue weighted by molar-refractivity contribution is 7.90. The van der Waals surface area contributed by atoms with Crippen molar-refractivity contribution in [2.24, 2.45) is 5.92 Å². The number of fused-ring (bicyclic) bond motifs is 3. The van der Waals surface area contributed by atoms with Crippen molar-refractivity contribution in [1.82, 2.24) is 3.97 Å². The first-order valence-corrected chi connectivity index (χ1v) is 10.9. The fourth-order valence-corrected chi connectivity index (χ4v) is 5.85. The third-order valence-corrected chi connectivity index (χ3v) is 7.66. The van der Waals surface area contributed by atoms with Crippen molar-refractivity contribution >= 4 is 26.7 Å². The minimum absolute atomic E-state index is 0.142. The SMILES string of the molecule is COc1ccc(S(=O)(=O)n2c3c(c4ccccc42)C(=O)[C@@H](OC)[C@@H](C)[C@@H]3C)cc1. The van der Waals surface area contributed by atoms with Crippen molar-refractivity contribution in [2.75, 3.05) is 14.2 Å². The molecule has 0 bridgehead atoms. The van der Waals surface area contributed by atoms with Crippen LogP contribution >= 0.6 is 0 Å². The Labute approximate surface area is 170 Å². The third kappa shape index (κ3) is 2.80. The zero-order valence-corrected chi connectivity index (χ0v) is 17.6. The molecule has 3 atom stereocenters. The number of carbonyl (C=O) groups is 1. The number of hydrogen-bond donors (Lipinski definition) is 0. The second kappa shape index (κ2) is 7.00. The van der Waals surface area contributed by atoms with Crippen LogP contribution in [0.2, 0.25) is 0 Å². The lowest BCUT2D eigenvalue weighted by atomic mass is 9.77. The van der Waals surface area contributed by atoms with Gasteiger partial charge in [0.1, 0.15) is 11.9 Å². The molecule has 0 radical (unpaired) electrons. The maximum atomic E-state index is 13.7. The Morgan fingerprint density at radius 1 is 0.966 bits per heavy atom. The predicted molar refractivity (Wildman–Crippen MR) is 110 cm³/mol. The normalized spacial score (nSPS) is 21.9. The standard InChI is InChI=1S/C22H23NO5S/c1-13-14(2)22(28-4)21(24)19-17-7-5-6-8-18(17)23(20(13)19)29(25,26)16-11-9-15(27-3)10-12-16/h5-14,22H,1-4H3/t13-,14-,22-/m0/s1. The van der Waals surface area contributed by atoms with Crippen LogP contribution in [0.15, 0.2) is 53.4 Å². The van der Waals surface area contributed by atoms with Crippen LogP contribution < -0.4 is 4.74 Å². The van der Waals surface area contributed by atoms with Crippen LogP contribution in [0.3, 0.4) is 0 Å². The Kier molecular flexibility index (Phi) is 4.75. The molecule has 0 saturated carbocycles. The topological polar surface area (TPSA) is 74.6 Å². The molecular formula is C22H23NO5S. The number of carbonyl (C=O) groups excluding carboxylic acids is 1. The minimum atomic E-state index is -3.92. The molecule has 3 aromatic rings. The quantitative estimate of drug-likeness (QED) is 0.650. The summed E-state index contributed by atoms with van der Waals surface area (Å²) in [5.74, 6) is 0.0543. The summed E-state index contributed by atoms with van der Waals surface area (Å²) in [5, 5.41) is 0.630. The van der Waals surface area contributed by atoms with Gasteiger partial charge < -0.3 is 9.47 Å². The summed E-state index contributed by atoms with van der Waals surface area (Å²) < 4.78 is 39.3. The summed E-state index contributed by atoms with van der Waals surface area (Å²) in [6.45, 7) is 3.86. The number of Topliss-reactive ketones (excluding diaryl/α,β-unsaturated/α-hetero) is 1. The van der Waals surface area contributed by atoms with Gasteiger partial charge in [0.05, 0.1) is 23.1 Å². The second-order valence-electron chi connectivity index (χ2n) is 7.39. The minimum Gasteiger partial charge on any atom is -0.497 e. The van der Waals surface area contributed by atoms with Crippen molar-refractivity contribution in [3.05, 3.63) is 59.8 Å². The number of hydrogen-bond acceptors (Lipinski definition) is 5. The first-order chi connectivity index (χ1) is 13.8. The first kappa shape index (κ1) is 19.7. The monoisotopic (exact) mass is 413 g/mol. The van der Waals surface area contributed by atoms with E-state index < -0.39 is 16.1 Å². The lowest BCUT2D eigenvalue weighted by molar-refractivity contribution is 0.0344. The maximum Gasteiger partial charge on any atom is 0.268 e. The van der Waals surface area contributed by atoms with E-state index in [9.17, 15) is 13.2 Å². The van der Waals surface area contributed by atoms with E-state index in [1.165, 1.54) is 30.3 Å². The first-order valence-electron chi connectivity index (χ1n) is 9.43. The van der Waals surface area contributed by atoms with E-state index in [0.717, 1.165) is 0 Å². The Morgan fingerprint density at radius 2 is 1.62 bits per heavy atom. The Hall–Kier alpha value is -2.64. The molecule has 0 unspecified atom stereocenters. The molecule has 0 fully saturated rings. The highest BCUT2D eigenvalue weighted by atomic mass is 32.2. The fraction of sp³-hybridized carbons (Fsp3) is 0.318. The molecule has 0 spiro atoms. The Bertz CT molecular complexity index is 1190. The van der Waals surface area contributed by atoms with Crippen LogP contribution in [-0.2, 0) is 14.8 Å². The predicted octanol–water partition coefficient (Wildman–Crippen LogP) is 3.84. The number of benzene rings is 2. The lowest BCUT2D eigenvalue weighted by Crippen LogP contribution is -2.39. The second-order valence-corrected chi connectivity index (χ2v) is 9.18. The molecule has 1 aliphatic carbocycles. The molecule has 0 aliphatic heterocycles. The summed E-state index contributed by atoms with van der Waals surface area (Å²) in [6.07, 6.45) is -0.597. The molecule has 1 aromatic heterocycles. The van der Waals surface area contributed by atoms with Crippen LogP contribution in [0.1, 0.15) is 35.8 Å². The zero-order chi connectivity index (χ0) is 20.9. The van der Waals surface area contributed by atoms with Crippen molar-refractivity contribution in [3.63, 3.8) is 0 Å². The van der Waals surface area contributed by atoms with E-state index in [2.05, 4.69) is 0 Å². The van der Waals surface area contributed by atoms with Gasteiger partial charge in [-0.05, 0) is 36.2 Å².